The normalized spacial score (nSPS) is 12.0. The van der Waals surface area contributed by atoms with Crippen LogP contribution in [0.3, 0.4) is 0 Å². The van der Waals surface area contributed by atoms with Crippen LogP contribution in [0.2, 0.25) is 0 Å². The second-order valence-corrected chi connectivity index (χ2v) is 6.36. The average molecular weight is 291 g/mol. The minimum atomic E-state index is -3.67. The lowest BCUT2D eigenvalue weighted by atomic mass is 10.4. The summed E-state index contributed by atoms with van der Waals surface area (Å²) in [5, 5.41) is 3.66. The molecule has 0 aliphatic rings. The number of hydrogen-bond donors (Lipinski definition) is 1. The van der Waals surface area contributed by atoms with E-state index < -0.39 is 10.0 Å². The SMILES string of the molecule is CCCN(CC(N)=S)S(=O)(=O)c1c(C)noc1C. The number of nitrogens with two attached hydrogens (primary N) is 1. The summed E-state index contributed by atoms with van der Waals surface area (Å²) in [7, 11) is -3.67. The first-order valence-corrected chi connectivity index (χ1v) is 7.36. The van der Waals surface area contributed by atoms with E-state index in [1.165, 1.54) is 4.31 Å². The fraction of sp³-hybridized carbons (Fsp3) is 0.600. The van der Waals surface area contributed by atoms with E-state index in [1.807, 2.05) is 6.92 Å². The Labute approximate surface area is 112 Å². The smallest absolute Gasteiger partial charge is 0.248 e. The summed E-state index contributed by atoms with van der Waals surface area (Å²) in [5.74, 6) is 0.275. The van der Waals surface area contributed by atoms with Crippen LogP contribution in [-0.2, 0) is 10.0 Å². The molecule has 0 aromatic carbocycles. The molecule has 1 rings (SSSR count). The lowest BCUT2D eigenvalue weighted by Gasteiger charge is -2.20. The largest absolute Gasteiger partial charge is 0.392 e. The monoisotopic (exact) mass is 291 g/mol. The highest BCUT2D eigenvalue weighted by Gasteiger charge is 2.30. The van der Waals surface area contributed by atoms with Gasteiger partial charge < -0.3 is 10.3 Å². The first kappa shape index (κ1) is 15.1. The maximum absolute atomic E-state index is 12.5. The quantitative estimate of drug-likeness (QED) is 0.786. The summed E-state index contributed by atoms with van der Waals surface area (Å²) in [6, 6.07) is 0. The third-order valence-electron chi connectivity index (χ3n) is 2.37. The molecule has 0 unspecified atom stereocenters. The second kappa shape index (κ2) is 5.77. The number of sulfonamides is 1. The van der Waals surface area contributed by atoms with Crippen LogP contribution in [0.1, 0.15) is 24.8 Å². The van der Waals surface area contributed by atoms with E-state index in [0.29, 0.717) is 18.7 Å². The highest BCUT2D eigenvalue weighted by atomic mass is 32.2. The Morgan fingerprint density at radius 3 is 2.50 bits per heavy atom. The minimum absolute atomic E-state index is 0.0234. The van der Waals surface area contributed by atoms with E-state index in [4.69, 9.17) is 22.5 Å². The third-order valence-corrected chi connectivity index (χ3v) is 4.59. The van der Waals surface area contributed by atoms with Crippen LogP contribution in [-0.4, -0.2) is 36.0 Å². The van der Waals surface area contributed by atoms with Crippen molar-refractivity contribution in [3.63, 3.8) is 0 Å². The van der Waals surface area contributed by atoms with Crippen molar-refractivity contribution in [1.82, 2.24) is 9.46 Å². The van der Waals surface area contributed by atoms with Crippen molar-refractivity contribution in [1.29, 1.82) is 0 Å². The van der Waals surface area contributed by atoms with Crippen LogP contribution in [0.5, 0.6) is 0 Å². The molecule has 0 saturated heterocycles. The maximum Gasteiger partial charge on any atom is 0.248 e. The maximum atomic E-state index is 12.5. The van der Waals surface area contributed by atoms with Gasteiger partial charge in [-0.15, -0.1) is 0 Å². The molecule has 1 heterocycles. The van der Waals surface area contributed by atoms with E-state index in [9.17, 15) is 8.42 Å². The van der Waals surface area contributed by atoms with Gasteiger partial charge in [0.15, 0.2) is 5.76 Å². The number of aromatic nitrogens is 1. The molecule has 0 amide bonds. The van der Waals surface area contributed by atoms with Gasteiger partial charge in [-0.1, -0.05) is 24.3 Å². The summed E-state index contributed by atoms with van der Waals surface area (Å²) in [6.07, 6.45) is 0.672. The topological polar surface area (TPSA) is 89.4 Å². The van der Waals surface area contributed by atoms with Crippen molar-refractivity contribution < 1.29 is 12.9 Å². The van der Waals surface area contributed by atoms with Gasteiger partial charge in [0.25, 0.3) is 0 Å². The fourth-order valence-electron chi connectivity index (χ4n) is 1.68. The molecule has 18 heavy (non-hydrogen) atoms. The Morgan fingerprint density at radius 2 is 2.11 bits per heavy atom. The van der Waals surface area contributed by atoms with E-state index in [2.05, 4.69) is 5.16 Å². The zero-order chi connectivity index (χ0) is 13.9. The molecule has 0 atom stereocenters. The summed E-state index contributed by atoms with van der Waals surface area (Å²) in [5.41, 5.74) is 5.78. The van der Waals surface area contributed by atoms with E-state index >= 15 is 0 Å². The molecule has 102 valence electrons. The molecule has 0 aliphatic carbocycles. The fourth-order valence-corrected chi connectivity index (χ4v) is 3.72. The zero-order valence-electron chi connectivity index (χ0n) is 10.6. The molecule has 0 fully saturated rings. The van der Waals surface area contributed by atoms with Gasteiger partial charge in [0.2, 0.25) is 10.0 Å². The van der Waals surface area contributed by atoms with Gasteiger partial charge in [-0.3, -0.25) is 0 Å². The summed E-state index contributed by atoms with van der Waals surface area (Å²) in [6.45, 7) is 5.42. The van der Waals surface area contributed by atoms with Crippen molar-refractivity contribution in [3.05, 3.63) is 11.5 Å². The third kappa shape index (κ3) is 3.06. The van der Waals surface area contributed by atoms with Crippen LogP contribution >= 0.6 is 12.2 Å². The van der Waals surface area contributed by atoms with Gasteiger partial charge in [-0.25, -0.2) is 8.42 Å². The molecule has 1 aromatic rings. The molecule has 0 radical (unpaired) electrons. The summed E-state index contributed by atoms with van der Waals surface area (Å²) < 4.78 is 31.1. The lowest BCUT2D eigenvalue weighted by Crippen LogP contribution is -2.38. The molecule has 0 aliphatic heterocycles. The molecular formula is C10H17N3O3S2. The first-order valence-electron chi connectivity index (χ1n) is 5.52. The minimum Gasteiger partial charge on any atom is -0.392 e. The number of hydrogen-bond acceptors (Lipinski definition) is 5. The first-order chi connectivity index (χ1) is 8.30. The standard InChI is InChI=1S/C10H17N3O3S2/c1-4-5-13(6-9(11)17)18(14,15)10-7(2)12-16-8(10)3/h4-6H2,1-3H3,(H2,11,17). The predicted octanol–water partition coefficient (Wildman–Crippen LogP) is 0.978. The van der Waals surface area contributed by atoms with E-state index in [0.717, 1.165) is 0 Å². The second-order valence-electron chi connectivity index (χ2n) is 3.96. The van der Waals surface area contributed by atoms with Crippen LogP contribution < -0.4 is 5.73 Å². The van der Waals surface area contributed by atoms with Crippen molar-refractivity contribution in [2.24, 2.45) is 5.73 Å². The summed E-state index contributed by atoms with van der Waals surface area (Å²) >= 11 is 4.78. The molecule has 0 spiro atoms. The van der Waals surface area contributed by atoms with Crippen molar-refractivity contribution in [2.75, 3.05) is 13.1 Å². The van der Waals surface area contributed by atoms with Crippen molar-refractivity contribution >= 4 is 27.2 Å². The Kier molecular flexibility index (Phi) is 4.83. The number of thiocarbonyl (C=S) groups is 1. The predicted molar refractivity (Wildman–Crippen MR) is 71.8 cm³/mol. The van der Waals surface area contributed by atoms with Crippen molar-refractivity contribution in [2.45, 2.75) is 32.1 Å². The lowest BCUT2D eigenvalue weighted by molar-refractivity contribution is 0.389. The molecule has 6 nitrogen and oxygen atoms in total. The van der Waals surface area contributed by atoms with E-state index in [-0.39, 0.29) is 22.2 Å². The zero-order valence-corrected chi connectivity index (χ0v) is 12.3. The van der Waals surface area contributed by atoms with Crippen LogP contribution in [0.15, 0.2) is 9.42 Å². The Hall–Kier alpha value is -0.990. The number of nitrogens with zero attached hydrogens (tertiary/aromatic N) is 2. The highest BCUT2D eigenvalue weighted by Crippen LogP contribution is 2.23. The molecule has 2 N–H and O–H groups in total. The average Bonchev–Trinajstić information content (AvgIpc) is 2.57. The molecule has 1 aromatic heterocycles. The molecule has 0 bridgehead atoms. The Bertz CT molecular complexity index is 517. The van der Waals surface area contributed by atoms with Crippen LogP contribution in [0, 0.1) is 13.8 Å². The van der Waals surface area contributed by atoms with Gasteiger partial charge in [-0.05, 0) is 20.3 Å². The highest BCUT2D eigenvalue weighted by molar-refractivity contribution is 7.89. The van der Waals surface area contributed by atoms with Gasteiger partial charge in [0.05, 0.1) is 11.5 Å². The van der Waals surface area contributed by atoms with Crippen LogP contribution in [0.25, 0.3) is 0 Å². The van der Waals surface area contributed by atoms with Crippen LogP contribution in [0.4, 0.5) is 0 Å². The molecular weight excluding hydrogens is 274 g/mol. The number of aryl methyl sites for hydroxylation is 2. The number of rotatable bonds is 6. The van der Waals surface area contributed by atoms with Gasteiger partial charge in [-0.2, -0.15) is 4.31 Å². The Morgan fingerprint density at radius 1 is 1.50 bits per heavy atom. The Balaban J connectivity index is 3.21. The summed E-state index contributed by atoms with van der Waals surface area (Å²) in [4.78, 5) is 0.242. The van der Waals surface area contributed by atoms with Crippen molar-refractivity contribution in [3.8, 4) is 0 Å². The molecule has 0 saturated carbocycles. The van der Waals surface area contributed by atoms with Gasteiger partial charge >= 0.3 is 0 Å². The van der Waals surface area contributed by atoms with Gasteiger partial charge in [0.1, 0.15) is 10.6 Å². The van der Waals surface area contributed by atoms with Gasteiger partial charge in [0, 0.05) is 6.54 Å². The van der Waals surface area contributed by atoms with E-state index in [1.54, 1.807) is 13.8 Å². The molecule has 8 heteroatoms.